The maximum Gasteiger partial charge on any atom is 0.219 e. The number of hydrogen-bond acceptors (Lipinski definition) is 4. The van der Waals surface area contributed by atoms with Crippen molar-refractivity contribution in [3.05, 3.63) is 52.1 Å². The minimum atomic E-state index is -0.0890. The molecule has 0 spiro atoms. The maximum absolute atomic E-state index is 5.96. The average molecular weight is 337 g/mol. The first-order chi connectivity index (χ1) is 9.61. The van der Waals surface area contributed by atoms with Crippen LogP contribution in [-0.4, -0.2) is 12.1 Å². The average Bonchev–Trinajstić information content (AvgIpc) is 2.45. The number of halogens is 1. The zero-order valence-corrected chi connectivity index (χ0v) is 13.1. The zero-order chi connectivity index (χ0) is 14.5. The Hall–Kier alpha value is -1.59. The quantitative estimate of drug-likeness (QED) is 0.908. The van der Waals surface area contributed by atoms with E-state index in [1.807, 2.05) is 37.3 Å². The van der Waals surface area contributed by atoms with Crippen LogP contribution in [0.25, 0.3) is 0 Å². The van der Waals surface area contributed by atoms with E-state index in [4.69, 9.17) is 15.2 Å². The highest BCUT2D eigenvalue weighted by molar-refractivity contribution is 9.10. The van der Waals surface area contributed by atoms with Crippen LogP contribution < -0.4 is 15.2 Å². The van der Waals surface area contributed by atoms with Crippen LogP contribution in [0.2, 0.25) is 0 Å². The number of hydrogen-bond donors (Lipinski definition) is 1. The van der Waals surface area contributed by atoms with Gasteiger partial charge in [-0.2, -0.15) is 0 Å². The lowest BCUT2D eigenvalue weighted by Crippen LogP contribution is -2.08. The summed E-state index contributed by atoms with van der Waals surface area (Å²) in [4.78, 5) is 4.15. The van der Waals surface area contributed by atoms with Crippen molar-refractivity contribution in [1.29, 1.82) is 0 Å². The van der Waals surface area contributed by atoms with Crippen LogP contribution in [0.3, 0.4) is 0 Å². The summed E-state index contributed by atoms with van der Waals surface area (Å²) in [7, 11) is 1.60. The molecule has 0 aliphatic carbocycles. The number of ether oxygens (including phenoxy) is 2. The second-order valence-electron chi connectivity index (χ2n) is 4.43. The van der Waals surface area contributed by atoms with Gasteiger partial charge in [0.1, 0.15) is 12.4 Å². The highest BCUT2D eigenvalue weighted by atomic mass is 79.9. The van der Waals surface area contributed by atoms with Crippen molar-refractivity contribution in [3.8, 4) is 11.6 Å². The van der Waals surface area contributed by atoms with Gasteiger partial charge in [-0.1, -0.05) is 22.0 Å². The highest BCUT2D eigenvalue weighted by Crippen LogP contribution is 2.29. The van der Waals surface area contributed by atoms with Crippen LogP contribution in [0, 0.1) is 0 Å². The van der Waals surface area contributed by atoms with E-state index in [0.29, 0.717) is 12.5 Å². The molecule has 20 heavy (non-hydrogen) atoms. The molecule has 2 aromatic rings. The monoisotopic (exact) mass is 336 g/mol. The molecule has 4 nitrogen and oxygen atoms in total. The summed E-state index contributed by atoms with van der Waals surface area (Å²) in [5.74, 6) is 1.34. The van der Waals surface area contributed by atoms with E-state index in [1.165, 1.54) is 0 Å². The van der Waals surface area contributed by atoms with Crippen molar-refractivity contribution in [2.45, 2.75) is 19.6 Å². The van der Waals surface area contributed by atoms with Crippen molar-refractivity contribution in [3.63, 3.8) is 0 Å². The molecule has 0 aliphatic heterocycles. The van der Waals surface area contributed by atoms with Crippen LogP contribution in [0.15, 0.2) is 41.0 Å². The molecular formula is C15H17BrN2O2. The molecular weight excluding hydrogens is 320 g/mol. The van der Waals surface area contributed by atoms with Gasteiger partial charge in [0.15, 0.2) is 0 Å². The number of nitrogens with zero attached hydrogens (tertiary/aromatic N) is 1. The van der Waals surface area contributed by atoms with Crippen molar-refractivity contribution >= 4 is 15.9 Å². The van der Waals surface area contributed by atoms with Crippen LogP contribution in [0.1, 0.15) is 24.1 Å². The van der Waals surface area contributed by atoms with Crippen molar-refractivity contribution < 1.29 is 9.47 Å². The third-order valence-corrected chi connectivity index (χ3v) is 3.39. The third-order valence-electron chi connectivity index (χ3n) is 2.89. The molecule has 0 unspecified atom stereocenters. The molecule has 0 aliphatic rings. The lowest BCUT2D eigenvalue weighted by molar-refractivity contribution is 0.290. The number of aromatic nitrogens is 1. The molecule has 1 atom stereocenters. The Balaban J connectivity index is 2.20. The van der Waals surface area contributed by atoms with Gasteiger partial charge >= 0.3 is 0 Å². The van der Waals surface area contributed by atoms with Gasteiger partial charge in [-0.3, -0.25) is 0 Å². The van der Waals surface area contributed by atoms with Crippen LogP contribution in [0.4, 0.5) is 0 Å². The van der Waals surface area contributed by atoms with Gasteiger partial charge in [0, 0.05) is 22.3 Å². The molecule has 1 heterocycles. The Morgan fingerprint density at radius 3 is 2.85 bits per heavy atom. The topological polar surface area (TPSA) is 57.4 Å². The standard InChI is InChI=1S/C15H17BrN2O2/c1-10(17)13-6-5-12(16)8-14(13)20-9-11-4-3-7-18-15(11)19-2/h3-8,10H,9,17H2,1-2H3/t10-/m1/s1. The second kappa shape index (κ2) is 6.72. The number of rotatable bonds is 5. The number of methoxy groups -OCH3 is 1. The normalized spacial score (nSPS) is 12.0. The molecule has 0 saturated heterocycles. The van der Waals surface area contributed by atoms with Gasteiger partial charge in [-0.25, -0.2) is 4.98 Å². The molecule has 0 amide bonds. The summed E-state index contributed by atoms with van der Waals surface area (Å²) < 4.78 is 12.0. The van der Waals surface area contributed by atoms with E-state index in [-0.39, 0.29) is 6.04 Å². The van der Waals surface area contributed by atoms with E-state index in [9.17, 15) is 0 Å². The van der Waals surface area contributed by atoms with Crippen molar-refractivity contribution in [2.75, 3.05) is 7.11 Å². The zero-order valence-electron chi connectivity index (χ0n) is 11.5. The summed E-state index contributed by atoms with van der Waals surface area (Å²) in [6, 6.07) is 9.53. The molecule has 0 bridgehead atoms. The fraction of sp³-hybridized carbons (Fsp3) is 0.267. The lowest BCUT2D eigenvalue weighted by atomic mass is 10.1. The SMILES string of the molecule is COc1ncccc1COc1cc(Br)ccc1[C@@H](C)N. The number of nitrogens with two attached hydrogens (primary N) is 1. The first-order valence-corrected chi connectivity index (χ1v) is 7.07. The van der Waals surface area contributed by atoms with E-state index >= 15 is 0 Å². The first kappa shape index (κ1) is 14.8. The largest absolute Gasteiger partial charge is 0.488 e. The molecule has 2 rings (SSSR count). The minimum Gasteiger partial charge on any atom is -0.488 e. The third kappa shape index (κ3) is 3.49. The summed E-state index contributed by atoms with van der Waals surface area (Å²) in [5.41, 5.74) is 7.82. The molecule has 106 valence electrons. The number of pyridine rings is 1. The van der Waals surface area contributed by atoms with Gasteiger partial charge < -0.3 is 15.2 Å². The van der Waals surface area contributed by atoms with E-state index in [0.717, 1.165) is 21.3 Å². The summed E-state index contributed by atoms with van der Waals surface area (Å²) >= 11 is 3.44. The second-order valence-corrected chi connectivity index (χ2v) is 5.35. The molecule has 2 N–H and O–H groups in total. The van der Waals surface area contributed by atoms with Gasteiger partial charge in [0.2, 0.25) is 5.88 Å². The Bertz CT molecular complexity index is 588. The van der Waals surface area contributed by atoms with Crippen LogP contribution in [0.5, 0.6) is 11.6 Å². The lowest BCUT2D eigenvalue weighted by Gasteiger charge is -2.15. The van der Waals surface area contributed by atoms with Crippen molar-refractivity contribution in [2.24, 2.45) is 5.73 Å². The molecule has 0 saturated carbocycles. The Morgan fingerprint density at radius 2 is 2.15 bits per heavy atom. The molecule has 0 fully saturated rings. The number of benzene rings is 1. The predicted octanol–water partition coefficient (Wildman–Crippen LogP) is 3.45. The highest BCUT2D eigenvalue weighted by Gasteiger charge is 2.10. The Morgan fingerprint density at radius 1 is 1.35 bits per heavy atom. The Labute approximate surface area is 127 Å². The molecule has 5 heteroatoms. The summed E-state index contributed by atoms with van der Waals surface area (Å²) in [6.45, 7) is 2.31. The van der Waals surface area contributed by atoms with E-state index in [1.54, 1.807) is 13.3 Å². The van der Waals surface area contributed by atoms with Gasteiger partial charge in [0.25, 0.3) is 0 Å². The van der Waals surface area contributed by atoms with E-state index < -0.39 is 0 Å². The molecule has 0 radical (unpaired) electrons. The van der Waals surface area contributed by atoms with Crippen molar-refractivity contribution in [1.82, 2.24) is 4.98 Å². The smallest absolute Gasteiger partial charge is 0.219 e. The van der Waals surface area contributed by atoms with E-state index in [2.05, 4.69) is 20.9 Å². The minimum absolute atomic E-state index is 0.0890. The molecule has 1 aromatic carbocycles. The Kier molecular flexibility index (Phi) is 4.98. The maximum atomic E-state index is 5.96. The van der Waals surface area contributed by atoms with Gasteiger partial charge in [0.05, 0.1) is 12.7 Å². The summed E-state index contributed by atoms with van der Waals surface area (Å²) in [6.07, 6.45) is 1.69. The fourth-order valence-electron chi connectivity index (χ4n) is 1.88. The molecule has 1 aromatic heterocycles. The predicted molar refractivity (Wildman–Crippen MR) is 81.9 cm³/mol. The van der Waals surface area contributed by atoms with Gasteiger partial charge in [-0.15, -0.1) is 0 Å². The fourth-order valence-corrected chi connectivity index (χ4v) is 2.22. The summed E-state index contributed by atoms with van der Waals surface area (Å²) in [5, 5.41) is 0. The van der Waals surface area contributed by atoms with Gasteiger partial charge in [-0.05, 0) is 31.2 Å². The first-order valence-electron chi connectivity index (χ1n) is 6.27. The van der Waals surface area contributed by atoms with Crippen LogP contribution in [-0.2, 0) is 6.61 Å². The van der Waals surface area contributed by atoms with Crippen LogP contribution >= 0.6 is 15.9 Å².